The highest BCUT2D eigenvalue weighted by Gasteiger charge is 2.29. The number of aromatic carboxylic acids is 1. The number of nitrogens with one attached hydrogen (secondary N) is 1. The molecule has 0 aliphatic heterocycles. The number of hydrogen-bond donors (Lipinski definition) is 2. The summed E-state index contributed by atoms with van der Waals surface area (Å²) in [5, 5.41) is 12.7. The zero-order valence-corrected chi connectivity index (χ0v) is 13.6. The summed E-state index contributed by atoms with van der Waals surface area (Å²) in [6.45, 7) is 9.00. The smallest absolute Gasteiger partial charge is 0.335 e. The number of rotatable bonds is 3. The van der Waals surface area contributed by atoms with Crippen LogP contribution in [0.5, 0.6) is 0 Å². The molecule has 1 saturated carbocycles. The van der Waals surface area contributed by atoms with Crippen LogP contribution < -0.4 is 5.32 Å². The maximum Gasteiger partial charge on any atom is 0.335 e. The summed E-state index contributed by atoms with van der Waals surface area (Å²) in [5.74, 6) is -0.0727. The lowest BCUT2D eigenvalue weighted by molar-refractivity contribution is 0.0697. The molecular formula is C18H27NO2. The van der Waals surface area contributed by atoms with Crippen LogP contribution >= 0.6 is 0 Å². The van der Waals surface area contributed by atoms with Gasteiger partial charge in [-0.25, -0.2) is 4.79 Å². The highest BCUT2D eigenvalue weighted by molar-refractivity contribution is 5.89. The van der Waals surface area contributed by atoms with Gasteiger partial charge in [-0.3, -0.25) is 0 Å². The third-order valence-corrected chi connectivity index (χ3v) is 4.80. The van der Waals surface area contributed by atoms with E-state index < -0.39 is 5.97 Å². The number of anilines is 1. The third-order valence-electron chi connectivity index (χ3n) is 4.80. The molecule has 0 aromatic heterocycles. The predicted molar refractivity (Wildman–Crippen MR) is 87.0 cm³/mol. The summed E-state index contributed by atoms with van der Waals surface area (Å²) < 4.78 is 0. The first-order valence-electron chi connectivity index (χ1n) is 7.88. The van der Waals surface area contributed by atoms with Gasteiger partial charge >= 0.3 is 5.97 Å². The molecule has 1 fully saturated rings. The monoisotopic (exact) mass is 289 g/mol. The number of carbonyl (C=O) groups is 1. The van der Waals surface area contributed by atoms with E-state index in [1.54, 1.807) is 12.1 Å². The average molecular weight is 289 g/mol. The van der Waals surface area contributed by atoms with Gasteiger partial charge in [-0.1, -0.05) is 26.8 Å². The molecule has 0 unspecified atom stereocenters. The van der Waals surface area contributed by atoms with Gasteiger partial charge in [-0.15, -0.1) is 0 Å². The van der Waals surface area contributed by atoms with Gasteiger partial charge in [-0.2, -0.15) is 0 Å². The Bertz CT molecular complexity index is 508. The third kappa shape index (κ3) is 3.99. The Kier molecular flexibility index (Phi) is 4.60. The molecule has 2 rings (SSSR count). The van der Waals surface area contributed by atoms with E-state index in [0.29, 0.717) is 17.0 Å². The van der Waals surface area contributed by atoms with Crippen molar-refractivity contribution in [3.8, 4) is 0 Å². The molecule has 1 aromatic carbocycles. The van der Waals surface area contributed by atoms with Crippen molar-refractivity contribution in [1.29, 1.82) is 0 Å². The first-order valence-corrected chi connectivity index (χ1v) is 7.88. The maximum atomic E-state index is 11.1. The summed E-state index contributed by atoms with van der Waals surface area (Å²) >= 11 is 0. The molecule has 1 aromatic rings. The van der Waals surface area contributed by atoms with Crippen LogP contribution in [0.2, 0.25) is 0 Å². The quantitative estimate of drug-likeness (QED) is 0.847. The second-order valence-corrected chi connectivity index (χ2v) is 7.39. The van der Waals surface area contributed by atoms with E-state index in [9.17, 15) is 4.79 Å². The first-order chi connectivity index (χ1) is 9.77. The van der Waals surface area contributed by atoms with E-state index in [2.05, 4.69) is 26.1 Å². The Morgan fingerprint density at radius 1 is 1.19 bits per heavy atom. The summed E-state index contributed by atoms with van der Waals surface area (Å²) in [6.07, 6.45) is 4.83. The Morgan fingerprint density at radius 3 is 2.33 bits per heavy atom. The van der Waals surface area contributed by atoms with Crippen molar-refractivity contribution < 1.29 is 9.90 Å². The minimum absolute atomic E-state index is 0.353. The van der Waals surface area contributed by atoms with Crippen LogP contribution in [0.4, 0.5) is 5.69 Å². The molecule has 0 saturated heterocycles. The Morgan fingerprint density at radius 2 is 1.81 bits per heavy atom. The van der Waals surface area contributed by atoms with Crippen molar-refractivity contribution in [2.45, 2.75) is 59.4 Å². The predicted octanol–water partition coefficient (Wildman–Crippen LogP) is 4.71. The van der Waals surface area contributed by atoms with Crippen molar-refractivity contribution in [3.63, 3.8) is 0 Å². The molecule has 3 nitrogen and oxygen atoms in total. The fourth-order valence-electron chi connectivity index (χ4n) is 3.23. The van der Waals surface area contributed by atoms with Gasteiger partial charge in [-0.05, 0) is 61.6 Å². The standard InChI is InChI=1S/C18H27NO2/c1-12-5-6-13(17(20)21)11-16(12)19-15-9-7-14(8-10-15)18(2,3)4/h5-6,11,14-15,19H,7-10H2,1-4H3,(H,20,21). The van der Waals surface area contributed by atoms with Crippen molar-refractivity contribution >= 4 is 11.7 Å². The Hall–Kier alpha value is -1.51. The van der Waals surface area contributed by atoms with Crippen LogP contribution in [-0.4, -0.2) is 17.1 Å². The number of aryl methyl sites for hydroxylation is 1. The fraction of sp³-hybridized carbons (Fsp3) is 0.611. The topological polar surface area (TPSA) is 49.3 Å². The molecule has 1 aliphatic rings. The average Bonchev–Trinajstić information content (AvgIpc) is 2.40. The molecule has 0 heterocycles. The summed E-state index contributed by atoms with van der Waals surface area (Å²) in [7, 11) is 0. The van der Waals surface area contributed by atoms with E-state index in [-0.39, 0.29) is 0 Å². The summed E-state index contributed by atoms with van der Waals surface area (Å²) in [6, 6.07) is 5.77. The minimum Gasteiger partial charge on any atom is -0.478 e. The number of carboxylic acid groups (broad SMARTS) is 1. The SMILES string of the molecule is Cc1ccc(C(=O)O)cc1NC1CCC(C(C)(C)C)CC1. The van der Waals surface area contributed by atoms with E-state index in [0.717, 1.165) is 17.2 Å². The lowest BCUT2D eigenvalue weighted by Gasteiger charge is -2.37. The van der Waals surface area contributed by atoms with Crippen LogP contribution in [0.1, 0.15) is 62.4 Å². The van der Waals surface area contributed by atoms with Gasteiger partial charge in [0, 0.05) is 11.7 Å². The molecule has 0 spiro atoms. The summed E-state index contributed by atoms with van der Waals surface area (Å²) in [4.78, 5) is 11.1. The molecule has 3 heteroatoms. The second kappa shape index (κ2) is 6.08. The second-order valence-electron chi connectivity index (χ2n) is 7.39. The number of benzene rings is 1. The molecule has 0 atom stereocenters. The van der Waals surface area contributed by atoms with Crippen molar-refractivity contribution in [1.82, 2.24) is 0 Å². The van der Waals surface area contributed by atoms with Gasteiger partial charge in [0.05, 0.1) is 5.56 Å². The van der Waals surface area contributed by atoms with E-state index in [1.165, 1.54) is 25.7 Å². The van der Waals surface area contributed by atoms with Crippen molar-refractivity contribution in [3.05, 3.63) is 29.3 Å². The molecule has 1 aliphatic carbocycles. The van der Waals surface area contributed by atoms with Crippen LogP contribution in [0.25, 0.3) is 0 Å². The lowest BCUT2D eigenvalue weighted by Crippen LogP contribution is -2.31. The molecule has 0 amide bonds. The van der Waals surface area contributed by atoms with Gasteiger partial charge < -0.3 is 10.4 Å². The molecule has 21 heavy (non-hydrogen) atoms. The van der Waals surface area contributed by atoms with Gasteiger partial charge in [0.25, 0.3) is 0 Å². The van der Waals surface area contributed by atoms with Crippen LogP contribution in [-0.2, 0) is 0 Å². The van der Waals surface area contributed by atoms with Crippen LogP contribution in [0.15, 0.2) is 18.2 Å². The zero-order chi connectivity index (χ0) is 15.6. The zero-order valence-electron chi connectivity index (χ0n) is 13.6. The van der Waals surface area contributed by atoms with Gasteiger partial charge in [0.2, 0.25) is 0 Å². The lowest BCUT2D eigenvalue weighted by atomic mass is 9.71. The van der Waals surface area contributed by atoms with E-state index in [1.807, 2.05) is 13.0 Å². The molecular weight excluding hydrogens is 262 g/mol. The van der Waals surface area contributed by atoms with E-state index >= 15 is 0 Å². The minimum atomic E-state index is -0.866. The molecule has 0 radical (unpaired) electrons. The maximum absolute atomic E-state index is 11.1. The molecule has 0 bridgehead atoms. The van der Waals surface area contributed by atoms with Crippen molar-refractivity contribution in [2.24, 2.45) is 11.3 Å². The number of carboxylic acids is 1. The molecule has 116 valence electrons. The largest absolute Gasteiger partial charge is 0.478 e. The fourth-order valence-corrected chi connectivity index (χ4v) is 3.23. The number of hydrogen-bond acceptors (Lipinski definition) is 2. The normalized spacial score (nSPS) is 22.9. The molecule has 2 N–H and O–H groups in total. The van der Waals surface area contributed by atoms with Crippen LogP contribution in [0.3, 0.4) is 0 Å². The van der Waals surface area contributed by atoms with Crippen LogP contribution in [0, 0.1) is 18.3 Å². The van der Waals surface area contributed by atoms with Crippen molar-refractivity contribution in [2.75, 3.05) is 5.32 Å². The van der Waals surface area contributed by atoms with Gasteiger partial charge in [0.1, 0.15) is 0 Å². The Labute approximate surface area is 127 Å². The highest BCUT2D eigenvalue weighted by Crippen LogP contribution is 2.38. The first kappa shape index (κ1) is 15.9. The van der Waals surface area contributed by atoms with Gasteiger partial charge in [0.15, 0.2) is 0 Å². The summed E-state index contributed by atoms with van der Waals surface area (Å²) in [5.41, 5.74) is 2.82. The van der Waals surface area contributed by atoms with E-state index in [4.69, 9.17) is 5.11 Å². The highest BCUT2D eigenvalue weighted by atomic mass is 16.4. The Balaban J connectivity index is 2.01.